The van der Waals surface area contributed by atoms with Crippen LogP contribution in [-0.2, 0) is 15.5 Å². The zero-order chi connectivity index (χ0) is 22.6. The number of carbonyl (C=O) groups is 1. The number of nitrogens with one attached hydrogen (secondary N) is 3. The summed E-state index contributed by atoms with van der Waals surface area (Å²) in [5, 5.41) is 9.27. The number of H-pyrrole nitrogens is 1. The van der Waals surface area contributed by atoms with Crippen LogP contribution in [-0.4, -0.2) is 35.4 Å². The van der Waals surface area contributed by atoms with Crippen molar-refractivity contribution in [3.63, 3.8) is 0 Å². The molecule has 11 nitrogen and oxygen atoms in total. The lowest BCUT2D eigenvalue weighted by Crippen LogP contribution is -2.24. The van der Waals surface area contributed by atoms with Crippen LogP contribution in [0.5, 0.6) is 0 Å². The van der Waals surface area contributed by atoms with E-state index < -0.39 is 16.1 Å². The van der Waals surface area contributed by atoms with Crippen molar-refractivity contribution in [2.45, 2.75) is 25.2 Å². The molecule has 0 bridgehead atoms. The van der Waals surface area contributed by atoms with Gasteiger partial charge in [0.25, 0.3) is 5.82 Å². The molecule has 4 rings (SSSR count). The molecule has 3 heterocycles. The molecule has 1 fully saturated rings. The molecule has 0 radical (unpaired) electrons. The first-order chi connectivity index (χ1) is 14.5. The summed E-state index contributed by atoms with van der Waals surface area (Å²) in [7, 11) is -3.92. The highest BCUT2D eigenvalue weighted by Crippen LogP contribution is 2.48. The summed E-state index contributed by atoms with van der Waals surface area (Å²) in [6, 6.07) is 8.64. The van der Waals surface area contributed by atoms with Gasteiger partial charge in [-0.15, -0.1) is 0 Å². The SMILES string of the molecule is CC1(c2cc(NC(=O)Nc3ccc(-c4ccc(N)nc4)c[nH+]3)no2)CC1.CS(=O)(=O)[O-]. The number of urea groups is 1. The first-order valence-electron chi connectivity index (χ1n) is 9.22. The summed E-state index contributed by atoms with van der Waals surface area (Å²) in [5.41, 5.74) is 7.52. The molecule has 164 valence electrons. The van der Waals surface area contributed by atoms with Crippen molar-refractivity contribution in [3.8, 4) is 11.1 Å². The van der Waals surface area contributed by atoms with Crippen molar-refractivity contribution in [2.75, 3.05) is 22.6 Å². The van der Waals surface area contributed by atoms with Crippen LogP contribution in [0.1, 0.15) is 25.5 Å². The quantitative estimate of drug-likeness (QED) is 0.509. The zero-order valence-electron chi connectivity index (χ0n) is 16.9. The van der Waals surface area contributed by atoms with Gasteiger partial charge in [-0.05, 0) is 31.0 Å². The van der Waals surface area contributed by atoms with Gasteiger partial charge < -0.3 is 14.8 Å². The highest BCUT2D eigenvalue weighted by Gasteiger charge is 2.43. The molecule has 0 spiro atoms. The number of carbonyl (C=O) groups excluding carboxylic acids is 1. The van der Waals surface area contributed by atoms with Gasteiger partial charge in [-0.1, -0.05) is 12.1 Å². The molecule has 12 heteroatoms. The molecule has 1 aliphatic rings. The second-order valence-electron chi connectivity index (χ2n) is 7.38. The van der Waals surface area contributed by atoms with Gasteiger partial charge in [0.2, 0.25) is 0 Å². The summed E-state index contributed by atoms with van der Waals surface area (Å²) < 4.78 is 32.5. The first kappa shape index (κ1) is 22.2. The normalized spacial score (nSPS) is 14.2. The molecule has 0 aromatic carbocycles. The van der Waals surface area contributed by atoms with Crippen LogP contribution in [0.4, 0.5) is 22.2 Å². The first-order valence-corrected chi connectivity index (χ1v) is 11.0. The van der Waals surface area contributed by atoms with E-state index in [1.54, 1.807) is 30.6 Å². The summed E-state index contributed by atoms with van der Waals surface area (Å²) in [4.78, 5) is 19.2. The Hall–Kier alpha value is -3.51. The highest BCUT2D eigenvalue weighted by molar-refractivity contribution is 7.84. The topological polar surface area (TPSA) is 177 Å². The number of anilines is 3. The van der Waals surface area contributed by atoms with Gasteiger partial charge in [0.1, 0.15) is 11.6 Å². The van der Waals surface area contributed by atoms with E-state index in [1.165, 1.54) is 0 Å². The molecule has 0 unspecified atom stereocenters. The predicted molar refractivity (Wildman–Crippen MR) is 112 cm³/mol. The van der Waals surface area contributed by atoms with Crippen molar-refractivity contribution in [2.24, 2.45) is 0 Å². The second-order valence-corrected chi connectivity index (χ2v) is 8.79. The summed E-state index contributed by atoms with van der Waals surface area (Å²) in [5.74, 6) is 2.22. The molecule has 0 atom stereocenters. The highest BCUT2D eigenvalue weighted by atomic mass is 32.2. The molecular formula is C19H22N6O5S. The summed E-state index contributed by atoms with van der Waals surface area (Å²) in [6.45, 7) is 2.12. The summed E-state index contributed by atoms with van der Waals surface area (Å²) >= 11 is 0. The minimum Gasteiger partial charge on any atom is -0.748 e. The average Bonchev–Trinajstić information content (AvgIpc) is 3.25. The minimum absolute atomic E-state index is 0.0734. The van der Waals surface area contributed by atoms with Crippen LogP contribution < -0.4 is 21.4 Å². The third kappa shape index (κ3) is 6.76. The Kier molecular flexibility index (Phi) is 6.22. The number of rotatable bonds is 4. The van der Waals surface area contributed by atoms with Crippen LogP contribution in [0.3, 0.4) is 0 Å². The Morgan fingerprint density at radius 1 is 1.23 bits per heavy atom. The lowest BCUT2D eigenvalue weighted by Gasteiger charge is -2.01. The molecule has 3 aromatic heterocycles. The molecule has 31 heavy (non-hydrogen) atoms. The maximum atomic E-state index is 12.1. The van der Waals surface area contributed by atoms with Gasteiger partial charge >= 0.3 is 6.03 Å². The molecule has 1 aliphatic carbocycles. The van der Waals surface area contributed by atoms with Crippen LogP contribution in [0.2, 0.25) is 0 Å². The van der Waals surface area contributed by atoms with Gasteiger partial charge in [-0.25, -0.2) is 23.2 Å². The smallest absolute Gasteiger partial charge is 0.412 e. The number of amides is 2. The second kappa shape index (κ2) is 8.70. The van der Waals surface area contributed by atoms with E-state index in [4.69, 9.17) is 23.2 Å². The summed E-state index contributed by atoms with van der Waals surface area (Å²) in [6.07, 6.45) is 6.25. The Bertz CT molecular complexity index is 1150. The van der Waals surface area contributed by atoms with E-state index in [9.17, 15) is 4.79 Å². The van der Waals surface area contributed by atoms with E-state index in [0.717, 1.165) is 29.7 Å². The number of pyridine rings is 2. The third-order valence-electron chi connectivity index (χ3n) is 4.53. The lowest BCUT2D eigenvalue weighted by atomic mass is 10.1. The molecule has 0 saturated heterocycles. The maximum Gasteiger partial charge on any atom is 0.412 e. The lowest BCUT2D eigenvalue weighted by molar-refractivity contribution is -0.359. The van der Waals surface area contributed by atoms with Crippen molar-refractivity contribution in [1.29, 1.82) is 0 Å². The maximum absolute atomic E-state index is 12.1. The van der Waals surface area contributed by atoms with Gasteiger partial charge in [0.05, 0.1) is 16.3 Å². The number of hydrogen-bond donors (Lipinski definition) is 3. The van der Waals surface area contributed by atoms with Gasteiger partial charge in [0.15, 0.2) is 5.82 Å². The van der Waals surface area contributed by atoms with Gasteiger partial charge in [-0.2, -0.15) is 5.32 Å². The standard InChI is InChI=1S/C18H18N6O2.CH4O3S/c1-18(6-7-18)13-8-16(24-26-13)23-17(25)22-15-5-3-12(10-21-15)11-2-4-14(19)20-9-11;1-5(2,3)4/h2-5,8-10H,6-7H2,1H3,(H2,19,20)(H2,21,22,23,24,25);1H3,(H,2,3,4). The number of aromatic nitrogens is 3. The molecular weight excluding hydrogens is 424 g/mol. The van der Waals surface area contributed by atoms with Crippen molar-refractivity contribution in [3.05, 3.63) is 48.5 Å². The number of aromatic amines is 1. The Morgan fingerprint density at radius 3 is 2.45 bits per heavy atom. The molecule has 0 aliphatic heterocycles. The van der Waals surface area contributed by atoms with Gasteiger partial charge in [0, 0.05) is 41.1 Å². The van der Waals surface area contributed by atoms with E-state index in [1.807, 2.05) is 12.1 Å². The number of nitrogen functional groups attached to an aromatic ring is 1. The van der Waals surface area contributed by atoms with Crippen LogP contribution >= 0.6 is 0 Å². The van der Waals surface area contributed by atoms with Crippen LogP contribution in [0, 0.1) is 0 Å². The fourth-order valence-electron chi connectivity index (χ4n) is 2.58. The predicted octanol–water partition coefficient (Wildman–Crippen LogP) is 1.99. The number of hydrogen-bond acceptors (Lipinski definition) is 8. The fraction of sp³-hybridized carbons (Fsp3) is 0.263. The Balaban J connectivity index is 0.000000491. The van der Waals surface area contributed by atoms with Gasteiger partial charge in [-0.3, -0.25) is 5.32 Å². The largest absolute Gasteiger partial charge is 0.748 e. The molecule has 3 aromatic rings. The monoisotopic (exact) mass is 446 g/mol. The molecule has 2 amide bonds. The number of nitrogens with zero attached hydrogens (tertiary/aromatic N) is 2. The molecule has 5 N–H and O–H groups in total. The van der Waals surface area contributed by atoms with E-state index in [-0.39, 0.29) is 5.41 Å². The average molecular weight is 446 g/mol. The zero-order valence-corrected chi connectivity index (χ0v) is 17.7. The Morgan fingerprint density at radius 2 is 1.90 bits per heavy atom. The van der Waals surface area contributed by atoms with E-state index >= 15 is 0 Å². The van der Waals surface area contributed by atoms with E-state index in [2.05, 4.69) is 32.7 Å². The van der Waals surface area contributed by atoms with Crippen molar-refractivity contribution >= 4 is 33.6 Å². The third-order valence-corrected chi connectivity index (χ3v) is 4.53. The molecule has 1 saturated carbocycles. The number of nitrogens with two attached hydrogens (primary N) is 1. The minimum atomic E-state index is -3.92. The van der Waals surface area contributed by atoms with Crippen LogP contribution in [0.25, 0.3) is 11.1 Å². The fourth-order valence-corrected chi connectivity index (χ4v) is 2.58. The van der Waals surface area contributed by atoms with Crippen LogP contribution in [0.15, 0.2) is 47.2 Å². The van der Waals surface area contributed by atoms with Crippen molar-refractivity contribution < 1.29 is 27.3 Å². The van der Waals surface area contributed by atoms with Crippen molar-refractivity contribution in [1.82, 2.24) is 10.1 Å². The van der Waals surface area contributed by atoms with E-state index in [0.29, 0.717) is 23.7 Å². The Labute approximate surface area is 178 Å².